The number of cyclic esters (lactones) is 1. The van der Waals surface area contributed by atoms with Crippen LogP contribution in [0.5, 0.6) is 5.75 Å². The first kappa shape index (κ1) is 33.0. The van der Waals surface area contributed by atoms with Gasteiger partial charge in [0, 0.05) is 31.9 Å². The van der Waals surface area contributed by atoms with E-state index in [2.05, 4.69) is 19.2 Å². The Labute approximate surface area is 251 Å². The highest BCUT2D eigenvalue weighted by molar-refractivity contribution is 5.90. The van der Waals surface area contributed by atoms with E-state index in [9.17, 15) is 35.9 Å². The lowest BCUT2D eigenvalue weighted by Gasteiger charge is -2.36. The number of carbonyl (C=O) groups is 2. The smallest absolute Gasteiger partial charge is 0.416 e. The van der Waals surface area contributed by atoms with Gasteiger partial charge >= 0.3 is 24.5 Å². The summed E-state index contributed by atoms with van der Waals surface area (Å²) >= 11 is 0. The van der Waals surface area contributed by atoms with Gasteiger partial charge in [0.2, 0.25) is 0 Å². The average molecular weight is 628 g/mol. The van der Waals surface area contributed by atoms with Gasteiger partial charge in [-0.3, -0.25) is 4.90 Å². The number of urea groups is 1. The molecule has 0 aromatic heterocycles. The Bertz CT molecular complexity index is 1430. The molecule has 2 aromatic rings. The van der Waals surface area contributed by atoms with Crippen molar-refractivity contribution in [2.45, 2.75) is 64.5 Å². The molecule has 1 N–H and O–H groups in total. The van der Waals surface area contributed by atoms with Crippen LogP contribution in [0.3, 0.4) is 0 Å². The number of hydrogen-bond donors (Lipinski definition) is 1. The van der Waals surface area contributed by atoms with Crippen LogP contribution in [0.4, 0.5) is 41.6 Å². The van der Waals surface area contributed by atoms with Crippen LogP contribution >= 0.6 is 0 Å². The van der Waals surface area contributed by atoms with E-state index in [0.717, 1.165) is 17.6 Å². The minimum atomic E-state index is -5.03. The van der Waals surface area contributed by atoms with E-state index in [4.69, 9.17) is 9.47 Å². The van der Waals surface area contributed by atoms with Crippen molar-refractivity contribution in [2.75, 3.05) is 33.1 Å². The average Bonchev–Trinajstić information content (AvgIpc) is 3.20. The van der Waals surface area contributed by atoms with Crippen molar-refractivity contribution in [3.05, 3.63) is 64.2 Å². The van der Waals surface area contributed by atoms with Crippen LogP contribution in [0.1, 0.15) is 68.4 Å². The SMILES string of the molecule is COc1ccc(NC(=O)N(C)C)cc1C1=C(CN2C(=O)O[C@H](c3cc(C(F)(F)F)cc(C(F)(F)F)c3)[C@@H]2C)CC(C)(C)CC1. The van der Waals surface area contributed by atoms with E-state index in [1.807, 2.05) is 0 Å². The topological polar surface area (TPSA) is 71.1 Å². The number of rotatable bonds is 6. The molecule has 240 valence electrons. The highest BCUT2D eigenvalue weighted by Crippen LogP contribution is 2.47. The zero-order valence-electron chi connectivity index (χ0n) is 25.2. The quantitative estimate of drug-likeness (QED) is 0.327. The summed E-state index contributed by atoms with van der Waals surface area (Å²) in [5.41, 5.74) is -0.539. The maximum absolute atomic E-state index is 13.5. The Hall–Kier alpha value is -3.90. The zero-order valence-corrected chi connectivity index (χ0v) is 25.2. The molecule has 0 bridgehead atoms. The van der Waals surface area contributed by atoms with E-state index in [1.54, 1.807) is 32.3 Å². The number of methoxy groups -OCH3 is 1. The van der Waals surface area contributed by atoms with Gasteiger partial charge in [-0.05, 0) is 84.7 Å². The second-order valence-corrected chi connectivity index (χ2v) is 12.2. The number of hydrogen-bond acceptors (Lipinski definition) is 4. The molecule has 0 radical (unpaired) electrons. The van der Waals surface area contributed by atoms with Crippen molar-refractivity contribution in [1.29, 1.82) is 0 Å². The van der Waals surface area contributed by atoms with Crippen LogP contribution < -0.4 is 10.1 Å². The lowest BCUT2D eigenvalue weighted by molar-refractivity contribution is -0.143. The fraction of sp³-hybridized carbons (Fsp3) is 0.484. The molecule has 0 spiro atoms. The van der Waals surface area contributed by atoms with Gasteiger partial charge in [0.05, 0.1) is 24.3 Å². The standard InChI is InChI=1S/C31H35F6N3O4/c1-17-26(18-11-20(30(32,33)34)13-21(12-18)31(35,36)37)44-28(42)40(17)16-19-15-29(2,3)10-9-23(19)24-14-22(7-8-25(24)43-6)38-27(41)39(4)5/h7-8,11-14,17,26H,9-10,15-16H2,1-6H3,(H,38,41)/t17-,26-/m0/s1. The maximum atomic E-state index is 13.5. The predicted octanol–water partition coefficient (Wildman–Crippen LogP) is 8.37. The van der Waals surface area contributed by atoms with Crippen LogP contribution in [0.15, 0.2) is 42.0 Å². The summed E-state index contributed by atoms with van der Waals surface area (Å²) in [6.45, 7) is 5.72. The van der Waals surface area contributed by atoms with Crippen LogP contribution in [0.2, 0.25) is 0 Å². The fourth-order valence-corrected chi connectivity index (χ4v) is 5.65. The molecule has 1 heterocycles. The molecule has 0 saturated carbocycles. The third-order valence-corrected chi connectivity index (χ3v) is 8.04. The Kier molecular flexibility index (Phi) is 8.92. The molecular formula is C31H35F6N3O4. The van der Waals surface area contributed by atoms with Crippen LogP contribution in [-0.2, 0) is 17.1 Å². The number of amides is 3. The van der Waals surface area contributed by atoms with Gasteiger partial charge in [-0.1, -0.05) is 13.8 Å². The van der Waals surface area contributed by atoms with Crippen molar-refractivity contribution in [3.8, 4) is 5.75 Å². The molecule has 13 heteroatoms. The second-order valence-electron chi connectivity index (χ2n) is 12.2. The Morgan fingerprint density at radius 1 is 1.07 bits per heavy atom. The molecule has 1 aliphatic heterocycles. The first-order valence-corrected chi connectivity index (χ1v) is 13.9. The van der Waals surface area contributed by atoms with Crippen LogP contribution in [-0.4, -0.2) is 55.7 Å². The Morgan fingerprint density at radius 3 is 2.23 bits per heavy atom. The number of nitrogens with zero attached hydrogens (tertiary/aromatic N) is 2. The highest BCUT2D eigenvalue weighted by atomic mass is 19.4. The molecule has 1 fully saturated rings. The summed E-state index contributed by atoms with van der Waals surface area (Å²) < 4.78 is 92.2. The van der Waals surface area contributed by atoms with E-state index in [1.165, 1.54) is 23.8 Å². The van der Waals surface area contributed by atoms with E-state index >= 15 is 0 Å². The molecule has 2 aliphatic rings. The number of alkyl halides is 6. The normalized spacial score (nSPS) is 20.5. The van der Waals surface area contributed by atoms with Crippen molar-refractivity contribution >= 4 is 23.4 Å². The number of benzene rings is 2. The molecule has 44 heavy (non-hydrogen) atoms. The van der Waals surface area contributed by atoms with Crippen LogP contribution in [0, 0.1) is 5.41 Å². The summed E-state index contributed by atoms with van der Waals surface area (Å²) in [6.07, 6.45) is -10.3. The van der Waals surface area contributed by atoms with E-state index in [0.29, 0.717) is 42.0 Å². The number of allylic oxidation sites excluding steroid dienone is 1. The molecule has 7 nitrogen and oxygen atoms in total. The van der Waals surface area contributed by atoms with Gasteiger partial charge in [-0.25, -0.2) is 9.59 Å². The molecular weight excluding hydrogens is 592 g/mol. The monoisotopic (exact) mass is 627 g/mol. The van der Waals surface area contributed by atoms with Crippen molar-refractivity contribution in [1.82, 2.24) is 9.80 Å². The van der Waals surface area contributed by atoms with Gasteiger partial charge in [-0.15, -0.1) is 0 Å². The predicted molar refractivity (Wildman–Crippen MR) is 152 cm³/mol. The number of halogens is 6. The second kappa shape index (κ2) is 11.9. The summed E-state index contributed by atoms with van der Waals surface area (Å²) in [4.78, 5) is 28.1. The van der Waals surface area contributed by atoms with Gasteiger partial charge in [0.25, 0.3) is 0 Å². The van der Waals surface area contributed by atoms with Gasteiger partial charge in [0.15, 0.2) is 0 Å². The molecule has 1 saturated heterocycles. The Morgan fingerprint density at radius 2 is 1.68 bits per heavy atom. The van der Waals surface area contributed by atoms with Gasteiger partial charge < -0.3 is 19.7 Å². The van der Waals surface area contributed by atoms with Crippen LogP contribution in [0.25, 0.3) is 5.57 Å². The number of anilines is 1. The lowest BCUT2D eigenvalue weighted by Crippen LogP contribution is -2.35. The molecule has 4 rings (SSSR count). The summed E-state index contributed by atoms with van der Waals surface area (Å²) in [5, 5.41) is 2.81. The zero-order chi connectivity index (χ0) is 32.8. The first-order valence-electron chi connectivity index (χ1n) is 13.9. The number of ether oxygens (including phenoxy) is 2. The lowest BCUT2D eigenvalue weighted by atomic mass is 9.72. The van der Waals surface area contributed by atoms with Crippen molar-refractivity contribution < 1.29 is 45.4 Å². The molecule has 2 atom stereocenters. The maximum Gasteiger partial charge on any atom is 0.416 e. The molecule has 0 unspecified atom stereocenters. The van der Waals surface area contributed by atoms with Gasteiger partial charge in [-0.2, -0.15) is 26.3 Å². The Balaban J connectivity index is 1.73. The summed E-state index contributed by atoms with van der Waals surface area (Å²) in [7, 11) is 4.73. The fourth-order valence-electron chi connectivity index (χ4n) is 5.65. The summed E-state index contributed by atoms with van der Waals surface area (Å²) in [5.74, 6) is 0.540. The van der Waals surface area contributed by atoms with Crippen molar-refractivity contribution in [2.24, 2.45) is 5.41 Å². The minimum Gasteiger partial charge on any atom is -0.496 e. The molecule has 3 amide bonds. The van der Waals surface area contributed by atoms with Crippen molar-refractivity contribution in [3.63, 3.8) is 0 Å². The first-order chi connectivity index (χ1) is 20.3. The van der Waals surface area contributed by atoms with Gasteiger partial charge in [0.1, 0.15) is 11.9 Å². The number of nitrogens with one attached hydrogen (secondary N) is 1. The van der Waals surface area contributed by atoms with E-state index in [-0.39, 0.29) is 29.6 Å². The largest absolute Gasteiger partial charge is 0.496 e. The third kappa shape index (κ3) is 7.07. The molecule has 2 aromatic carbocycles. The minimum absolute atomic E-state index is 0.0395. The number of carbonyl (C=O) groups excluding carboxylic acids is 2. The summed E-state index contributed by atoms with van der Waals surface area (Å²) in [6, 6.07) is 5.24. The third-order valence-electron chi connectivity index (χ3n) is 8.04. The molecule has 1 aliphatic carbocycles. The van der Waals surface area contributed by atoms with E-state index < -0.39 is 41.7 Å². The highest BCUT2D eigenvalue weighted by Gasteiger charge is 2.44.